The maximum atomic E-state index is 9.08. The van der Waals surface area contributed by atoms with Crippen LogP contribution in [0.25, 0.3) is 0 Å². The summed E-state index contributed by atoms with van der Waals surface area (Å²) in [5.41, 5.74) is 1.20. The van der Waals surface area contributed by atoms with Crippen LogP contribution in [0, 0.1) is 17.2 Å². The van der Waals surface area contributed by atoms with Crippen molar-refractivity contribution in [3.05, 3.63) is 24.0 Å². The van der Waals surface area contributed by atoms with Gasteiger partial charge >= 0.3 is 0 Å². The van der Waals surface area contributed by atoms with Gasteiger partial charge in [0.1, 0.15) is 0 Å². The molecule has 2 rings (SSSR count). The fraction of sp³-hybridized carbons (Fsp3) is 0.571. The summed E-state index contributed by atoms with van der Waals surface area (Å²) in [4.78, 5) is 4.23. The van der Waals surface area contributed by atoms with Crippen molar-refractivity contribution in [2.75, 3.05) is 7.05 Å². The molecule has 0 aliphatic heterocycles. The van der Waals surface area contributed by atoms with Crippen LogP contribution >= 0.6 is 24.0 Å². The number of hydrogen-bond donors (Lipinski definition) is 2. The van der Waals surface area contributed by atoms with Gasteiger partial charge in [-0.25, -0.2) is 0 Å². The van der Waals surface area contributed by atoms with Gasteiger partial charge in [-0.1, -0.05) is 0 Å². The number of aliphatic imine (C=N–C) groups is 1. The predicted octanol–water partition coefficient (Wildman–Crippen LogP) is 2.00. The van der Waals surface area contributed by atoms with Crippen molar-refractivity contribution < 1.29 is 0 Å². The highest BCUT2D eigenvalue weighted by Gasteiger charge is 2.27. The molecule has 1 fully saturated rings. The van der Waals surface area contributed by atoms with Crippen molar-refractivity contribution in [2.24, 2.45) is 18.0 Å². The van der Waals surface area contributed by atoms with E-state index < -0.39 is 0 Å². The van der Waals surface area contributed by atoms with Crippen molar-refractivity contribution in [3.63, 3.8) is 0 Å². The number of aryl methyl sites for hydroxylation is 1. The third-order valence-corrected chi connectivity index (χ3v) is 3.72. The average Bonchev–Trinajstić information content (AvgIpc) is 3.03. The molecule has 6 heteroatoms. The van der Waals surface area contributed by atoms with Gasteiger partial charge < -0.3 is 15.2 Å². The number of guanidine groups is 1. The fourth-order valence-corrected chi connectivity index (χ4v) is 2.51. The standard InChI is InChI=1S/C14H21N5.HI/c1-16-14(17-10-12-6-4-8-19(12)2)18-13-7-3-5-11(13)9-15;/h4,6,8,11,13H,3,5,7,10H2,1-2H3,(H2,16,17,18);1H. The highest BCUT2D eigenvalue weighted by molar-refractivity contribution is 14.0. The number of nitriles is 1. The van der Waals surface area contributed by atoms with Gasteiger partial charge in [0, 0.05) is 32.0 Å². The Morgan fingerprint density at radius 2 is 2.35 bits per heavy atom. The normalized spacial score (nSPS) is 21.9. The smallest absolute Gasteiger partial charge is 0.191 e. The van der Waals surface area contributed by atoms with Crippen molar-refractivity contribution in [1.82, 2.24) is 15.2 Å². The molecule has 0 radical (unpaired) electrons. The first kappa shape index (κ1) is 16.8. The van der Waals surface area contributed by atoms with E-state index in [1.54, 1.807) is 7.05 Å². The minimum absolute atomic E-state index is 0. The van der Waals surface area contributed by atoms with Crippen LogP contribution in [0.1, 0.15) is 25.0 Å². The van der Waals surface area contributed by atoms with E-state index in [9.17, 15) is 0 Å². The second kappa shape index (κ2) is 8.15. The van der Waals surface area contributed by atoms with Crippen LogP contribution in [0.3, 0.4) is 0 Å². The molecular weight excluding hydrogens is 365 g/mol. The van der Waals surface area contributed by atoms with Crippen molar-refractivity contribution >= 4 is 29.9 Å². The lowest BCUT2D eigenvalue weighted by Gasteiger charge is -2.19. The number of rotatable bonds is 3. The molecule has 0 spiro atoms. The summed E-state index contributed by atoms with van der Waals surface area (Å²) in [5, 5.41) is 15.7. The van der Waals surface area contributed by atoms with Crippen LogP contribution < -0.4 is 10.6 Å². The van der Waals surface area contributed by atoms with Crippen molar-refractivity contribution in [1.29, 1.82) is 5.26 Å². The molecule has 110 valence electrons. The average molecular weight is 387 g/mol. The first-order valence-corrected chi connectivity index (χ1v) is 6.71. The SMILES string of the molecule is CN=C(NCc1cccn1C)NC1CCCC1C#N.I. The van der Waals surface area contributed by atoms with Gasteiger partial charge in [0.25, 0.3) is 0 Å². The van der Waals surface area contributed by atoms with E-state index in [4.69, 9.17) is 5.26 Å². The Kier molecular flexibility index (Phi) is 6.85. The quantitative estimate of drug-likeness (QED) is 0.474. The Morgan fingerprint density at radius 3 is 2.95 bits per heavy atom. The largest absolute Gasteiger partial charge is 0.353 e. The molecule has 2 unspecified atom stereocenters. The molecule has 0 saturated heterocycles. The molecule has 0 bridgehead atoms. The molecule has 2 atom stereocenters. The topological polar surface area (TPSA) is 65.1 Å². The second-order valence-electron chi connectivity index (χ2n) is 4.95. The van der Waals surface area contributed by atoms with Crippen LogP contribution in [0.15, 0.2) is 23.3 Å². The molecule has 1 aliphatic rings. The van der Waals surface area contributed by atoms with E-state index in [1.165, 1.54) is 5.69 Å². The molecule has 20 heavy (non-hydrogen) atoms. The fourth-order valence-electron chi connectivity index (χ4n) is 2.51. The summed E-state index contributed by atoms with van der Waals surface area (Å²) in [6, 6.07) is 6.70. The molecule has 1 saturated carbocycles. The van der Waals surface area contributed by atoms with Gasteiger partial charge in [0.05, 0.1) is 18.5 Å². The Bertz CT molecular complexity index is 488. The number of aromatic nitrogens is 1. The van der Waals surface area contributed by atoms with Crippen LogP contribution in [0.4, 0.5) is 0 Å². The predicted molar refractivity (Wildman–Crippen MR) is 90.9 cm³/mol. The molecule has 1 aliphatic carbocycles. The Hall–Kier alpha value is -1.23. The Morgan fingerprint density at radius 1 is 1.55 bits per heavy atom. The highest BCUT2D eigenvalue weighted by atomic mass is 127. The van der Waals surface area contributed by atoms with Crippen LogP contribution in [-0.4, -0.2) is 23.6 Å². The van der Waals surface area contributed by atoms with Gasteiger partial charge in [-0.05, 0) is 31.4 Å². The van der Waals surface area contributed by atoms with Crippen molar-refractivity contribution in [3.8, 4) is 6.07 Å². The Labute approximate surface area is 137 Å². The van der Waals surface area contributed by atoms with E-state index in [2.05, 4.69) is 32.3 Å². The van der Waals surface area contributed by atoms with Crippen LogP contribution in [0.5, 0.6) is 0 Å². The lowest BCUT2D eigenvalue weighted by molar-refractivity contribution is 0.531. The van der Waals surface area contributed by atoms with Gasteiger partial charge in [-0.3, -0.25) is 4.99 Å². The molecule has 1 aromatic rings. The van der Waals surface area contributed by atoms with Gasteiger partial charge in [0.2, 0.25) is 0 Å². The first-order chi connectivity index (χ1) is 9.24. The zero-order valence-corrected chi connectivity index (χ0v) is 14.3. The second-order valence-corrected chi connectivity index (χ2v) is 4.95. The number of nitrogens with one attached hydrogen (secondary N) is 2. The third-order valence-electron chi connectivity index (χ3n) is 3.72. The number of halogens is 1. The number of hydrogen-bond acceptors (Lipinski definition) is 2. The summed E-state index contributed by atoms with van der Waals surface area (Å²) in [6.07, 6.45) is 5.17. The maximum Gasteiger partial charge on any atom is 0.191 e. The van der Waals surface area contributed by atoms with E-state index >= 15 is 0 Å². The molecule has 2 N–H and O–H groups in total. The van der Waals surface area contributed by atoms with Gasteiger partial charge in [-0.2, -0.15) is 5.26 Å². The molecule has 1 aromatic heterocycles. The molecular formula is C14H22IN5. The summed E-state index contributed by atoms with van der Waals surface area (Å²) in [5.74, 6) is 0.877. The van der Waals surface area contributed by atoms with Crippen LogP contribution in [0.2, 0.25) is 0 Å². The molecule has 0 aromatic carbocycles. The summed E-state index contributed by atoms with van der Waals surface area (Å²) in [6.45, 7) is 0.729. The molecule has 0 amide bonds. The van der Waals surface area contributed by atoms with E-state index in [0.29, 0.717) is 0 Å². The zero-order chi connectivity index (χ0) is 13.7. The molecule has 1 heterocycles. The van der Waals surface area contributed by atoms with E-state index in [0.717, 1.165) is 31.8 Å². The Balaban J connectivity index is 0.00000200. The van der Waals surface area contributed by atoms with Crippen LogP contribution in [-0.2, 0) is 13.6 Å². The summed E-state index contributed by atoms with van der Waals surface area (Å²) < 4.78 is 2.08. The van der Waals surface area contributed by atoms with Gasteiger partial charge in [0.15, 0.2) is 5.96 Å². The molecule has 5 nitrogen and oxygen atoms in total. The minimum atomic E-state index is 0. The first-order valence-electron chi connectivity index (χ1n) is 6.71. The zero-order valence-electron chi connectivity index (χ0n) is 12.0. The van der Waals surface area contributed by atoms with Crippen molar-refractivity contribution in [2.45, 2.75) is 31.8 Å². The van der Waals surface area contributed by atoms with Gasteiger partial charge in [-0.15, -0.1) is 24.0 Å². The highest BCUT2D eigenvalue weighted by Crippen LogP contribution is 2.24. The minimum Gasteiger partial charge on any atom is -0.353 e. The number of nitrogens with zero attached hydrogens (tertiary/aromatic N) is 3. The lowest BCUT2D eigenvalue weighted by Crippen LogP contribution is -2.44. The third kappa shape index (κ3) is 4.13. The maximum absolute atomic E-state index is 9.08. The monoisotopic (exact) mass is 387 g/mol. The lowest BCUT2D eigenvalue weighted by atomic mass is 10.1. The summed E-state index contributed by atoms with van der Waals surface area (Å²) >= 11 is 0. The summed E-state index contributed by atoms with van der Waals surface area (Å²) in [7, 11) is 3.78. The van der Waals surface area contributed by atoms with E-state index in [1.807, 2.05) is 19.3 Å². The van der Waals surface area contributed by atoms with E-state index in [-0.39, 0.29) is 35.9 Å².